The predicted molar refractivity (Wildman–Crippen MR) is 67.5 cm³/mol. The Kier molecular flexibility index (Phi) is 4.59. The van der Waals surface area contributed by atoms with Crippen LogP contribution in [0, 0.1) is 5.41 Å². The number of rotatable bonds is 5. The Hall–Kier alpha value is -0.770. The van der Waals surface area contributed by atoms with E-state index in [1.54, 1.807) is 0 Å². The molecule has 1 aliphatic carbocycles. The first-order valence-electron chi connectivity index (χ1n) is 6.20. The Labute approximate surface area is 98.6 Å². The number of ether oxygens (including phenoxy) is 1. The van der Waals surface area contributed by atoms with Crippen molar-refractivity contribution in [3.63, 3.8) is 0 Å². The number of hydrogen-bond donors (Lipinski definition) is 2. The number of hydrogen-bond acceptors (Lipinski definition) is 2. The molecule has 16 heavy (non-hydrogen) atoms. The van der Waals surface area contributed by atoms with Gasteiger partial charge in [0.15, 0.2) is 5.96 Å². The molecule has 0 amide bonds. The molecule has 3 N–H and O–H groups in total. The molecule has 4 nitrogen and oxygen atoms in total. The molecule has 0 bridgehead atoms. The van der Waals surface area contributed by atoms with Gasteiger partial charge in [0.05, 0.1) is 6.10 Å². The molecule has 0 spiro atoms. The molecule has 0 aromatic carbocycles. The topological polar surface area (TPSA) is 59.6 Å². The van der Waals surface area contributed by atoms with Gasteiger partial charge < -0.3 is 15.8 Å². The van der Waals surface area contributed by atoms with Crippen molar-refractivity contribution in [1.29, 1.82) is 0 Å². The molecule has 2 atom stereocenters. The zero-order valence-corrected chi connectivity index (χ0v) is 10.9. The van der Waals surface area contributed by atoms with Crippen LogP contribution >= 0.6 is 0 Å². The lowest BCUT2D eigenvalue weighted by Gasteiger charge is -2.51. The summed E-state index contributed by atoms with van der Waals surface area (Å²) in [5.41, 5.74) is 5.95. The Morgan fingerprint density at radius 3 is 2.69 bits per heavy atom. The maximum atomic E-state index is 5.81. The molecule has 0 saturated heterocycles. The first-order valence-corrected chi connectivity index (χ1v) is 6.20. The van der Waals surface area contributed by atoms with Crippen LogP contribution in [0.5, 0.6) is 0 Å². The van der Waals surface area contributed by atoms with Gasteiger partial charge in [0.2, 0.25) is 0 Å². The molecule has 1 rings (SSSR count). The van der Waals surface area contributed by atoms with Gasteiger partial charge in [-0.1, -0.05) is 20.8 Å². The fourth-order valence-corrected chi connectivity index (χ4v) is 2.07. The first-order chi connectivity index (χ1) is 7.52. The SMILES string of the molecule is CCCN=C(N)NC1CC(OCC)C1(C)C. The maximum absolute atomic E-state index is 5.81. The van der Waals surface area contributed by atoms with Crippen LogP contribution < -0.4 is 11.1 Å². The average Bonchev–Trinajstić information content (AvgIpc) is 2.25. The zero-order valence-electron chi connectivity index (χ0n) is 10.9. The van der Waals surface area contributed by atoms with Crippen molar-refractivity contribution < 1.29 is 4.74 Å². The summed E-state index contributed by atoms with van der Waals surface area (Å²) >= 11 is 0. The Morgan fingerprint density at radius 1 is 1.50 bits per heavy atom. The van der Waals surface area contributed by atoms with Crippen LogP contribution in [0.2, 0.25) is 0 Å². The summed E-state index contributed by atoms with van der Waals surface area (Å²) in [5, 5.41) is 3.28. The highest BCUT2D eigenvalue weighted by molar-refractivity contribution is 5.78. The Morgan fingerprint density at radius 2 is 2.19 bits per heavy atom. The minimum Gasteiger partial charge on any atom is -0.378 e. The van der Waals surface area contributed by atoms with Gasteiger partial charge in [-0.25, -0.2) is 0 Å². The quantitative estimate of drug-likeness (QED) is 0.553. The molecule has 1 saturated carbocycles. The third kappa shape index (κ3) is 2.88. The van der Waals surface area contributed by atoms with Gasteiger partial charge in [-0.3, -0.25) is 4.99 Å². The summed E-state index contributed by atoms with van der Waals surface area (Å²) in [7, 11) is 0. The normalized spacial score (nSPS) is 28.6. The van der Waals surface area contributed by atoms with E-state index in [1.807, 2.05) is 6.92 Å². The van der Waals surface area contributed by atoms with Crippen molar-refractivity contribution in [2.24, 2.45) is 16.1 Å². The highest BCUT2D eigenvalue weighted by Crippen LogP contribution is 2.42. The van der Waals surface area contributed by atoms with E-state index in [0.29, 0.717) is 18.1 Å². The van der Waals surface area contributed by atoms with E-state index in [2.05, 4.69) is 31.1 Å². The first kappa shape index (κ1) is 13.3. The van der Waals surface area contributed by atoms with Crippen molar-refractivity contribution in [2.75, 3.05) is 13.2 Å². The molecular formula is C12H25N3O. The standard InChI is InChI=1S/C12H25N3O/c1-5-7-14-11(13)15-9-8-10(16-6-2)12(9,3)4/h9-10H,5-8H2,1-4H3,(H3,13,14,15). The van der Waals surface area contributed by atoms with Crippen LogP contribution in [-0.2, 0) is 4.74 Å². The summed E-state index contributed by atoms with van der Waals surface area (Å²) in [6.07, 6.45) is 2.38. The minimum atomic E-state index is 0.141. The van der Waals surface area contributed by atoms with E-state index in [9.17, 15) is 0 Å². The molecule has 0 aromatic rings. The van der Waals surface area contributed by atoms with E-state index in [0.717, 1.165) is 26.0 Å². The molecular weight excluding hydrogens is 202 g/mol. The van der Waals surface area contributed by atoms with Crippen molar-refractivity contribution in [3.8, 4) is 0 Å². The Bertz CT molecular complexity index is 251. The number of nitrogens with two attached hydrogens (primary N) is 1. The van der Waals surface area contributed by atoms with E-state index in [4.69, 9.17) is 10.5 Å². The van der Waals surface area contributed by atoms with Crippen LogP contribution in [0.4, 0.5) is 0 Å². The van der Waals surface area contributed by atoms with Gasteiger partial charge in [-0.2, -0.15) is 0 Å². The minimum absolute atomic E-state index is 0.141. The number of nitrogens with one attached hydrogen (secondary N) is 1. The lowest BCUT2D eigenvalue weighted by atomic mass is 9.64. The Balaban J connectivity index is 2.41. The fraction of sp³-hybridized carbons (Fsp3) is 0.917. The van der Waals surface area contributed by atoms with Gasteiger partial charge in [0.1, 0.15) is 0 Å². The van der Waals surface area contributed by atoms with E-state index in [-0.39, 0.29) is 5.41 Å². The molecule has 1 fully saturated rings. The zero-order chi connectivity index (χ0) is 12.2. The molecule has 2 unspecified atom stereocenters. The van der Waals surface area contributed by atoms with Crippen molar-refractivity contribution in [2.45, 2.75) is 52.7 Å². The van der Waals surface area contributed by atoms with Gasteiger partial charge >= 0.3 is 0 Å². The lowest BCUT2D eigenvalue weighted by Crippen LogP contribution is -2.63. The molecule has 0 radical (unpaired) electrons. The lowest BCUT2D eigenvalue weighted by molar-refractivity contribution is -0.109. The second-order valence-corrected chi connectivity index (χ2v) is 4.96. The molecule has 0 heterocycles. The second-order valence-electron chi connectivity index (χ2n) is 4.96. The van der Waals surface area contributed by atoms with Crippen LogP contribution in [-0.4, -0.2) is 31.3 Å². The summed E-state index contributed by atoms with van der Waals surface area (Å²) in [5.74, 6) is 0.565. The number of nitrogens with zero attached hydrogens (tertiary/aromatic N) is 1. The summed E-state index contributed by atoms with van der Waals surface area (Å²) < 4.78 is 5.67. The van der Waals surface area contributed by atoms with Crippen LogP contribution in [0.1, 0.15) is 40.5 Å². The monoisotopic (exact) mass is 227 g/mol. The van der Waals surface area contributed by atoms with Crippen molar-refractivity contribution >= 4 is 5.96 Å². The van der Waals surface area contributed by atoms with Gasteiger partial charge in [0.25, 0.3) is 0 Å². The van der Waals surface area contributed by atoms with Gasteiger partial charge in [-0.05, 0) is 19.8 Å². The fourth-order valence-electron chi connectivity index (χ4n) is 2.07. The van der Waals surface area contributed by atoms with E-state index >= 15 is 0 Å². The number of guanidine groups is 1. The highest BCUT2D eigenvalue weighted by Gasteiger charge is 2.49. The molecule has 0 aromatic heterocycles. The van der Waals surface area contributed by atoms with Crippen molar-refractivity contribution in [1.82, 2.24) is 5.32 Å². The maximum Gasteiger partial charge on any atom is 0.188 e. The van der Waals surface area contributed by atoms with Gasteiger partial charge in [-0.15, -0.1) is 0 Å². The van der Waals surface area contributed by atoms with Crippen molar-refractivity contribution in [3.05, 3.63) is 0 Å². The molecule has 94 valence electrons. The van der Waals surface area contributed by atoms with Crippen LogP contribution in [0.3, 0.4) is 0 Å². The highest BCUT2D eigenvalue weighted by atomic mass is 16.5. The van der Waals surface area contributed by atoms with E-state index in [1.165, 1.54) is 0 Å². The molecule has 4 heteroatoms. The predicted octanol–water partition coefficient (Wildman–Crippen LogP) is 1.50. The summed E-state index contributed by atoms with van der Waals surface area (Å²) in [6, 6.07) is 0.379. The van der Waals surface area contributed by atoms with Crippen LogP contribution in [0.25, 0.3) is 0 Å². The van der Waals surface area contributed by atoms with E-state index < -0.39 is 0 Å². The third-order valence-electron chi connectivity index (χ3n) is 3.37. The molecule has 1 aliphatic rings. The van der Waals surface area contributed by atoms with Gasteiger partial charge in [0, 0.05) is 24.6 Å². The summed E-state index contributed by atoms with van der Waals surface area (Å²) in [4.78, 5) is 4.24. The third-order valence-corrected chi connectivity index (χ3v) is 3.37. The van der Waals surface area contributed by atoms with Crippen LogP contribution in [0.15, 0.2) is 4.99 Å². The molecule has 0 aliphatic heterocycles. The largest absolute Gasteiger partial charge is 0.378 e. The summed E-state index contributed by atoms with van der Waals surface area (Å²) in [6.45, 7) is 10.1. The number of aliphatic imine (C=N–C) groups is 1. The second kappa shape index (κ2) is 5.53. The average molecular weight is 227 g/mol. The smallest absolute Gasteiger partial charge is 0.188 e.